The first-order valence-corrected chi connectivity index (χ1v) is 3.49. The molecule has 0 aromatic rings. The van der Waals surface area contributed by atoms with Crippen molar-refractivity contribution in [2.24, 2.45) is 5.92 Å². The number of allylic oxidation sites excluding steroid dienone is 1. The van der Waals surface area contributed by atoms with Gasteiger partial charge in [0.05, 0.1) is 11.5 Å². The average molecular weight is 150 g/mol. The van der Waals surface area contributed by atoms with Gasteiger partial charge in [0.15, 0.2) is 0 Å². The van der Waals surface area contributed by atoms with E-state index in [9.17, 15) is 9.90 Å². The molecular weight excluding hydrogens is 142 g/mol. The van der Waals surface area contributed by atoms with E-state index in [1.807, 2.05) is 0 Å². The summed E-state index contributed by atoms with van der Waals surface area (Å²) < 4.78 is 0. The minimum Gasteiger partial charge on any atom is -0.544 e. The third-order valence-electron chi connectivity index (χ3n) is 1.90. The van der Waals surface area contributed by atoms with Crippen molar-refractivity contribution in [3.05, 3.63) is 11.1 Å². The summed E-state index contributed by atoms with van der Waals surface area (Å²) >= 11 is 0. The van der Waals surface area contributed by atoms with Gasteiger partial charge in [0.25, 0.3) is 0 Å². The molecule has 1 rings (SSSR count). The molecule has 0 amide bonds. The van der Waals surface area contributed by atoms with Crippen LogP contribution in [0, 0.1) is 17.2 Å². The lowest BCUT2D eigenvalue weighted by Crippen LogP contribution is -2.24. The van der Waals surface area contributed by atoms with Crippen molar-refractivity contribution in [1.82, 2.24) is 0 Å². The summed E-state index contributed by atoms with van der Waals surface area (Å²) in [7, 11) is 0. The Bertz CT molecular complexity index is 256. The van der Waals surface area contributed by atoms with Crippen molar-refractivity contribution in [3.8, 4) is 6.07 Å². The van der Waals surface area contributed by atoms with Gasteiger partial charge in [-0.25, -0.2) is 0 Å². The first kappa shape index (κ1) is 7.80. The predicted molar refractivity (Wildman–Crippen MR) is 36.0 cm³/mol. The van der Waals surface area contributed by atoms with E-state index >= 15 is 0 Å². The van der Waals surface area contributed by atoms with Crippen LogP contribution in [-0.2, 0) is 4.79 Å². The van der Waals surface area contributed by atoms with Gasteiger partial charge in [0.1, 0.15) is 6.07 Å². The largest absolute Gasteiger partial charge is 0.544 e. The molecule has 0 aromatic carbocycles. The second-order valence-electron chi connectivity index (χ2n) is 2.73. The zero-order valence-corrected chi connectivity index (χ0v) is 6.26. The topological polar surface area (TPSA) is 63.9 Å². The van der Waals surface area contributed by atoms with Crippen LogP contribution in [0.25, 0.3) is 0 Å². The van der Waals surface area contributed by atoms with Crippen LogP contribution in [0.4, 0.5) is 0 Å². The molecule has 0 bridgehead atoms. The fourth-order valence-electron chi connectivity index (χ4n) is 1.02. The highest BCUT2D eigenvalue weighted by Gasteiger charge is 2.25. The maximum atomic E-state index is 10.3. The van der Waals surface area contributed by atoms with Crippen molar-refractivity contribution in [1.29, 1.82) is 5.26 Å². The summed E-state index contributed by atoms with van der Waals surface area (Å²) in [6.07, 6.45) is 2.01. The van der Waals surface area contributed by atoms with Crippen LogP contribution in [-0.4, -0.2) is 5.97 Å². The van der Waals surface area contributed by atoms with Crippen molar-refractivity contribution in [2.75, 3.05) is 0 Å². The number of aliphatic carboxylic acids is 1. The standard InChI is InChI=1S/C8H9NO2/c1-5(6-2-3-6)7(4-9)8(10)11/h6H,2-3H2,1H3,(H,10,11)/p-1/b7-5-. The van der Waals surface area contributed by atoms with Gasteiger partial charge in [-0.2, -0.15) is 5.26 Å². The fourth-order valence-corrected chi connectivity index (χ4v) is 1.02. The zero-order valence-electron chi connectivity index (χ0n) is 6.26. The number of carbonyl (C=O) groups excluding carboxylic acids is 1. The van der Waals surface area contributed by atoms with Gasteiger partial charge in [-0.05, 0) is 25.7 Å². The SMILES string of the molecule is C/C(=C(\C#N)C(=O)[O-])C1CC1. The number of hydrogen-bond donors (Lipinski definition) is 0. The van der Waals surface area contributed by atoms with E-state index in [0.29, 0.717) is 11.5 Å². The molecule has 1 fully saturated rings. The maximum Gasteiger partial charge on any atom is 0.101 e. The normalized spacial score (nSPS) is 18.5. The van der Waals surface area contributed by atoms with Crippen LogP contribution >= 0.6 is 0 Å². The third-order valence-corrected chi connectivity index (χ3v) is 1.90. The van der Waals surface area contributed by atoms with Gasteiger partial charge in [-0.1, -0.05) is 5.57 Å². The molecule has 3 heteroatoms. The van der Waals surface area contributed by atoms with Crippen LogP contribution in [0.3, 0.4) is 0 Å². The van der Waals surface area contributed by atoms with Gasteiger partial charge >= 0.3 is 0 Å². The van der Waals surface area contributed by atoms with Crippen LogP contribution in [0.15, 0.2) is 11.1 Å². The van der Waals surface area contributed by atoms with Gasteiger partial charge in [-0.3, -0.25) is 0 Å². The average Bonchev–Trinajstić information content (AvgIpc) is 2.68. The molecule has 58 valence electrons. The molecule has 0 N–H and O–H groups in total. The molecule has 0 atom stereocenters. The van der Waals surface area contributed by atoms with Crippen LogP contribution in [0.2, 0.25) is 0 Å². The van der Waals surface area contributed by atoms with E-state index in [1.165, 1.54) is 0 Å². The summed E-state index contributed by atoms with van der Waals surface area (Å²) in [5, 5.41) is 18.7. The highest BCUT2D eigenvalue weighted by molar-refractivity contribution is 5.90. The van der Waals surface area contributed by atoms with Crippen LogP contribution in [0.1, 0.15) is 19.8 Å². The number of carbonyl (C=O) groups is 1. The predicted octanol–water partition coefficient (Wildman–Crippen LogP) is -0.0136. The molecule has 0 unspecified atom stereocenters. The molecule has 0 spiro atoms. The van der Waals surface area contributed by atoms with Crippen molar-refractivity contribution >= 4 is 5.97 Å². The smallest absolute Gasteiger partial charge is 0.101 e. The molecule has 0 heterocycles. The Morgan fingerprint density at radius 2 is 2.18 bits per heavy atom. The van der Waals surface area contributed by atoms with E-state index in [2.05, 4.69) is 0 Å². The van der Waals surface area contributed by atoms with E-state index in [-0.39, 0.29) is 5.57 Å². The lowest BCUT2D eigenvalue weighted by molar-refractivity contribution is -0.298. The quantitative estimate of drug-likeness (QED) is 0.410. The van der Waals surface area contributed by atoms with E-state index < -0.39 is 5.97 Å². The Morgan fingerprint density at radius 1 is 1.64 bits per heavy atom. The lowest BCUT2D eigenvalue weighted by atomic mass is 10.1. The maximum absolute atomic E-state index is 10.3. The molecule has 11 heavy (non-hydrogen) atoms. The summed E-state index contributed by atoms with van der Waals surface area (Å²) in [6.45, 7) is 1.69. The van der Waals surface area contributed by atoms with Gasteiger partial charge in [0, 0.05) is 0 Å². The number of hydrogen-bond acceptors (Lipinski definition) is 3. The zero-order chi connectivity index (χ0) is 8.43. The van der Waals surface area contributed by atoms with Gasteiger partial charge < -0.3 is 9.90 Å². The minimum atomic E-state index is -1.35. The van der Waals surface area contributed by atoms with Crippen LogP contribution < -0.4 is 5.11 Å². The Hall–Kier alpha value is -1.30. The molecule has 1 aliphatic rings. The van der Waals surface area contributed by atoms with Gasteiger partial charge in [-0.15, -0.1) is 0 Å². The monoisotopic (exact) mass is 150 g/mol. The number of nitrogens with zero attached hydrogens (tertiary/aromatic N) is 1. The molecule has 1 aliphatic carbocycles. The summed E-state index contributed by atoms with van der Waals surface area (Å²) in [5.74, 6) is -1.03. The van der Waals surface area contributed by atoms with E-state index in [1.54, 1.807) is 13.0 Å². The minimum absolute atomic E-state index is 0.187. The molecular formula is C8H8NO2-. The number of nitriles is 1. The number of carboxylic acid groups (broad SMARTS) is 1. The highest BCUT2D eigenvalue weighted by atomic mass is 16.4. The molecule has 0 aliphatic heterocycles. The molecule has 0 radical (unpaired) electrons. The van der Waals surface area contributed by atoms with E-state index in [4.69, 9.17) is 5.26 Å². The molecule has 1 saturated carbocycles. The van der Waals surface area contributed by atoms with Crippen molar-refractivity contribution in [3.63, 3.8) is 0 Å². The van der Waals surface area contributed by atoms with Crippen molar-refractivity contribution < 1.29 is 9.90 Å². The Kier molecular flexibility index (Phi) is 1.95. The molecule has 0 aromatic heterocycles. The lowest BCUT2D eigenvalue weighted by Gasteiger charge is -2.03. The van der Waals surface area contributed by atoms with Crippen molar-refractivity contribution in [2.45, 2.75) is 19.8 Å². The highest BCUT2D eigenvalue weighted by Crippen LogP contribution is 2.37. The summed E-state index contributed by atoms with van der Waals surface area (Å²) in [5.41, 5.74) is 0.486. The summed E-state index contributed by atoms with van der Waals surface area (Å²) in [4.78, 5) is 10.3. The first-order chi connectivity index (χ1) is 5.16. The third kappa shape index (κ3) is 1.58. The second kappa shape index (κ2) is 2.75. The number of rotatable bonds is 2. The fraction of sp³-hybridized carbons (Fsp3) is 0.500. The second-order valence-corrected chi connectivity index (χ2v) is 2.73. The Balaban J connectivity index is 2.88. The molecule has 0 saturated heterocycles. The van der Waals surface area contributed by atoms with E-state index in [0.717, 1.165) is 12.8 Å². The Morgan fingerprint density at radius 3 is 2.45 bits per heavy atom. The molecule has 3 nitrogen and oxygen atoms in total. The number of carboxylic acids is 1. The van der Waals surface area contributed by atoms with Crippen LogP contribution in [0.5, 0.6) is 0 Å². The first-order valence-electron chi connectivity index (χ1n) is 3.49. The Labute approximate surface area is 64.9 Å². The van der Waals surface area contributed by atoms with Gasteiger partial charge in [0.2, 0.25) is 0 Å². The summed E-state index contributed by atoms with van der Waals surface area (Å²) in [6, 6.07) is 1.64.